The lowest BCUT2D eigenvalue weighted by Crippen LogP contribution is -2.46. The van der Waals surface area contributed by atoms with Crippen molar-refractivity contribution >= 4 is 11.7 Å². The van der Waals surface area contributed by atoms with Crippen LogP contribution in [-0.2, 0) is 4.74 Å². The lowest BCUT2D eigenvalue weighted by Gasteiger charge is -2.25. The molecule has 0 saturated heterocycles. The number of ether oxygens (including phenoxy) is 1. The standard InChI is InChI=1S/C11H18N4O2/c1-11(2,7-17-3)14-10(16)8-4-5-13-9(6-8)15-12/h4-6H,7,12H2,1-3H3,(H,13,15)(H,14,16). The molecule has 1 aromatic rings. The molecule has 1 rings (SSSR count). The van der Waals surface area contributed by atoms with Crippen LogP contribution < -0.4 is 16.6 Å². The Morgan fingerprint density at radius 3 is 2.88 bits per heavy atom. The van der Waals surface area contributed by atoms with Gasteiger partial charge < -0.3 is 15.5 Å². The van der Waals surface area contributed by atoms with E-state index in [1.807, 2.05) is 13.8 Å². The second-order valence-electron chi connectivity index (χ2n) is 4.35. The Bertz CT molecular complexity index is 393. The van der Waals surface area contributed by atoms with Gasteiger partial charge in [0.1, 0.15) is 5.82 Å². The number of nitrogen functional groups attached to an aromatic ring is 1. The molecule has 1 aromatic heterocycles. The van der Waals surface area contributed by atoms with E-state index in [0.717, 1.165) is 0 Å². The lowest BCUT2D eigenvalue weighted by atomic mass is 10.1. The number of carbonyl (C=O) groups excluding carboxylic acids is 1. The fourth-order valence-electron chi connectivity index (χ4n) is 1.43. The van der Waals surface area contributed by atoms with Crippen LogP contribution in [0.15, 0.2) is 18.3 Å². The van der Waals surface area contributed by atoms with Crippen LogP contribution in [0.3, 0.4) is 0 Å². The lowest BCUT2D eigenvalue weighted by molar-refractivity contribution is 0.0820. The van der Waals surface area contributed by atoms with Crippen molar-refractivity contribution in [2.45, 2.75) is 19.4 Å². The molecule has 4 N–H and O–H groups in total. The van der Waals surface area contributed by atoms with Crippen LogP contribution in [0.1, 0.15) is 24.2 Å². The molecule has 0 atom stereocenters. The molecular formula is C11H18N4O2. The number of nitrogens with one attached hydrogen (secondary N) is 2. The third-order valence-electron chi connectivity index (χ3n) is 2.13. The number of methoxy groups -OCH3 is 1. The molecule has 94 valence electrons. The number of nitrogens with two attached hydrogens (primary N) is 1. The number of hydrogen-bond acceptors (Lipinski definition) is 5. The van der Waals surface area contributed by atoms with Crippen LogP contribution >= 0.6 is 0 Å². The molecule has 0 aliphatic carbocycles. The number of anilines is 1. The zero-order valence-electron chi connectivity index (χ0n) is 10.3. The second kappa shape index (κ2) is 5.60. The Morgan fingerprint density at radius 2 is 2.29 bits per heavy atom. The average Bonchev–Trinajstić information content (AvgIpc) is 2.28. The minimum Gasteiger partial charge on any atom is -0.382 e. The van der Waals surface area contributed by atoms with Gasteiger partial charge in [0.05, 0.1) is 12.1 Å². The molecule has 6 nitrogen and oxygen atoms in total. The van der Waals surface area contributed by atoms with Crippen molar-refractivity contribution in [2.24, 2.45) is 5.84 Å². The number of nitrogens with zero attached hydrogens (tertiary/aromatic N) is 1. The van der Waals surface area contributed by atoms with E-state index in [4.69, 9.17) is 10.6 Å². The normalized spacial score (nSPS) is 11.1. The first-order valence-electron chi connectivity index (χ1n) is 5.22. The SMILES string of the molecule is COCC(C)(C)NC(=O)c1ccnc(NN)c1. The number of amides is 1. The Morgan fingerprint density at radius 1 is 1.59 bits per heavy atom. The van der Waals surface area contributed by atoms with E-state index in [9.17, 15) is 4.79 Å². The van der Waals surface area contributed by atoms with Gasteiger partial charge in [-0.3, -0.25) is 4.79 Å². The maximum Gasteiger partial charge on any atom is 0.251 e. The first-order chi connectivity index (χ1) is 7.98. The van der Waals surface area contributed by atoms with Gasteiger partial charge in [-0.2, -0.15) is 0 Å². The quantitative estimate of drug-likeness (QED) is 0.514. The van der Waals surface area contributed by atoms with Gasteiger partial charge in [-0.1, -0.05) is 0 Å². The Labute approximate surface area is 101 Å². The summed E-state index contributed by atoms with van der Waals surface area (Å²) in [5.41, 5.74) is 2.47. The maximum absolute atomic E-state index is 11.9. The van der Waals surface area contributed by atoms with Gasteiger partial charge in [-0.25, -0.2) is 10.8 Å². The highest BCUT2D eigenvalue weighted by molar-refractivity contribution is 5.95. The number of aromatic nitrogens is 1. The Hall–Kier alpha value is -1.66. The van der Waals surface area contributed by atoms with Crippen LogP contribution in [0.4, 0.5) is 5.82 Å². The van der Waals surface area contributed by atoms with E-state index in [2.05, 4.69) is 15.7 Å². The molecule has 0 radical (unpaired) electrons. The minimum atomic E-state index is -0.425. The van der Waals surface area contributed by atoms with Crippen molar-refractivity contribution in [3.8, 4) is 0 Å². The molecule has 0 aliphatic rings. The third-order valence-corrected chi connectivity index (χ3v) is 2.13. The van der Waals surface area contributed by atoms with Crippen LogP contribution in [0.2, 0.25) is 0 Å². The van der Waals surface area contributed by atoms with Crippen LogP contribution in [-0.4, -0.2) is 30.1 Å². The van der Waals surface area contributed by atoms with Gasteiger partial charge in [0, 0.05) is 18.9 Å². The van der Waals surface area contributed by atoms with Crippen LogP contribution in [0, 0.1) is 0 Å². The highest BCUT2D eigenvalue weighted by atomic mass is 16.5. The topological polar surface area (TPSA) is 89.3 Å². The number of pyridine rings is 1. The van der Waals surface area contributed by atoms with E-state index in [1.165, 1.54) is 6.20 Å². The highest BCUT2D eigenvalue weighted by Crippen LogP contribution is 2.08. The van der Waals surface area contributed by atoms with E-state index >= 15 is 0 Å². The molecule has 0 aliphatic heterocycles. The van der Waals surface area contributed by atoms with Gasteiger partial charge in [-0.05, 0) is 26.0 Å². The first kappa shape index (κ1) is 13.4. The minimum absolute atomic E-state index is 0.189. The smallest absolute Gasteiger partial charge is 0.251 e. The van der Waals surface area contributed by atoms with Crippen molar-refractivity contribution < 1.29 is 9.53 Å². The summed E-state index contributed by atoms with van der Waals surface area (Å²) in [5, 5.41) is 2.86. The first-order valence-corrected chi connectivity index (χ1v) is 5.22. The molecule has 17 heavy (non-hydrogen) atoms. The number of rotatable bonds is 5. The van der Waals surface area contributed by atoms with E-state index in [-0.39, 0.29) is 5.91 Å². The molecule has 0 unspecified atom stereocenters. The van der Waals surface area contributed by atoms with Gasteiger partial charge in [0.2, 0.25) is 0 Å². The zero-order valence-corrected chi connectivity index (χ0v) is 10.3. The molecule has 0 bridgehead atoms. The number of hydrogen-bond donors (Lipinski definition) is 3. The molecule has 0 fully saturated rings. The summed E-state index contributed by atoms with van der Waals surface area (Å²) in [6.45, 7) is 4.21. The van der Waals surface area contributed by atoms with Gasteiger partial charge in [0.15, 0.2) is 0 Å². The monoisotopic (exact) mass is 238 g/mol. The Balaban J connectivity index is 2.75. The van der Waals surface area contributed by atoms with Gasteiger partial charge >= 0.3 is 0 Å². The molecule has 6 heteroatoms. The fraction of sp³-hybridized carbons (Fsp3) is 0.455. The summed E-state index contributed by atoms with van der Waals surface area (Å²) in [5.74, 6) is 5.49. The van der Waals surface area contributed by atoms with E-state index in [1.54, 1.807) is 19.2 Å². The molecule has 0 saturated carbocycles. The maximum atomic E-state index is 11.9. The predicted molar refractivity (Wildman–Crippen MR) is 65.5 cm³/mol. The average molecular weight is 238 g/mol. The molecule has 0 spiro atoms. The van der Waals surface area contributed by atoms with Crippen molar-refractivity contribution in [1.29, 1.82) is 0 Å². The zero-order chi connectivity index (χ0) is 12.9. The van der Waals surface area contributed by atoms with Gasteiger partial charge in [-0.15, -0.1) is 0 Å². The second-order valence-corrected chi connectivity index (χ2v) is 4.35. The van der Waals surface area contributed by atoms with Crippen molar-refractivity contribution in [1.82, 2.24) is 10.3 Å². The largest absolute Gasteiger partial charge is 0.382 e. The van der Waals surface area contributed by atoms with Crippen LogP contribution in [0.5, 0.6) is 0 Å². The fourth-order valence-corrected chi connectivity index (χ4v) is 1.43. The summed E-state index contributed by atoms with van der Waals surface area (Å²) in [6.07, 6.45) is 1.52. The summed E-state index contributed by atoms with van der Waals surface area (Å²) in [4.78, 5) is 15.9. The predicted octanol–water partition coefficient (Wildman–Crippen LogP) is 0.522. The van der Waals surface area contributed by atoms with E-state index < -0.39 is 5.54 Å². The molecule has 0 aromatic carbocycles. The Kier molecular flexibility index (Phi) is 4.42. The number of carbonyl (C=O) groups is 1. The third kappa shape index (κ3) is 4.01. The summed E-state index contributed by atoms with van der Waals surface area (Å²) in [6, 6.07) is 3.21. The van der Waals surface area contributed by atoms with Crippen molar-refractivity contribution in [3.63, 3.8) is 0 Å². The van der Waals surface area contributed by atoms with Crippen molar-refractivity contribution in [3.05, 3.63) is 23.9 Å². The molecule has 1 amide bonds. The van der Waals surface area contributed by atoms with Crippen LogP contribution in [0.25, 0.3) is 0 Å². The van der Waals surface area contributed by atoms with Crippen molar-refractivity contribution in [2.75, 3.05) is 19.1 Å². The number of hydrazine groups is 1. The summed E-state index contributed by atoms with van der Waals surface area (Å²) >= 11 is 0. The summed E-state index contributed by atoms with van der Waals surface area (Å²) < 4.78 is 5.03. The van der Waals surface area contributed by atoms with E-state index in [0.29, 0.717) is 18.0 Å². The highest BCUT2D eigenvalue weighted by Gasteiger charge is 2.21. The molecule has 1 heterocycles. The molecular weight excluding hydrogens is 220 g/mol. The van der Waals surface area contributed by atoms with Gasteiger partial charge in [0.25, 0.3) is 5.91 Å². The summed E-state index contributed by atoms with van der Waals surface area (Å²) in [7, 11) is 1.59.